The number of anilines is 2. The fourth-order valence-corrected chi connectivity index (χ4v) is 5.81. The molecule has 1 saturated carbocycles. The highest BCUT2D eigenvalue weighted by molar-refractivity contribution is 6.01. The quantitative estimate of drug-likeness (QED) is 0.186. The number of halogens is 3. The number of fused-ring (bicyclic) bond motifs is 1. The van der Waals surface area contributed by atoms with Crippen molar-refractivity contribution in [2.24, 2.45) is 12.5 Å². The lowest BCUT2D eigenvalue weighted by atomic mass is 9.93. The molecular weight excluding hydrogens is 605 g/mol. The summed E-state index contributed by atoms with van der Waals surface area (Å²) >= 11 is 0. The Morgan fingerprint density at radius 2 is 1.85 bits per heavy atom. The topological polar surface area (TPSA) is 133 Å². The van der Waals surface area contributed by atoms with E-state index in [4.69, 9.17) is 0 Å². The van der Waals surface area contributed by atoms with Crippen molar-refractivity contribution in [2.75, 3.05) is 17.2 Å². The molecule has 2 N–H and O–H groups in total. The van der Waals surface area contributed by atoms with Gasteiger partial charge in [-0.15, -0.1) is 5.10 Å². The van der Waals surface area contributed by atoms with Crippen molar-refractivity contribution in [2.45, 2.75) is 58.3 Å². The van der Waals surface area contributed by atoms with Crippen molar-refractivity contribution < 1.29 is 13.2 Å². The largest absolute Gasteiger partial charge is 0.413 e. The van der Waals surface area contributed by atoms with Crippen LogP contribution in [-0.4, -0.2) is 42.2 Å². The van der Waals surface area contributed by atoms with E-state index in [1.807, 2.05) is 36.7 Å². The summed E-state index contributed by atoms with van der Waals surface area (Å²) < 4.78 is 45.1. The first kappa shape index (κ1) is 31.5. The van der Waals surface area contributed by atoms with Crippen LogP contribution in [0.3, 0.4) is 0 Å². The Hall–Kier alpha value is -5.43. The third-order valence-corrected chi connectivity index (χ3v) is 8.59. The molecular formula is C34H33F3N10. The highest BCUT2D eigenvalue weighted by atomic mass is 19.4. The maximum atomic E-state index is 14.1. The molecule has 0 spiro atoms. The molecule has 240 valence electrons. The molecule has 10 nitrogen and oxygen atoms in total. The Balaban J connectivity index is 1.53. The molecule has 0 bridgehead atoms. The Morgan fingerprint density at radius 3 is 2.47 bits per heavy atom. The van der Waals surface area contributed by atoms with Gasteiger partial charge >= 0.3 is 6.18 Å². The molecule has 0 aliphatic heterocycles. The fourth-order valence-electron chi connectivity index (χ4n) is 5.81. The van der Waals surface area contributed by atoms with Crippen LogP contribution in [0.5, 0.6) is 0 Å². The van der Waals surface area contributed by atoms with Gasteiger partial charge in [0.05, 0.1) is 64.5 Å². The molecule has 1 aliphatic rings. The van der Waals surface area contributed by atoms with E-state index in [2.05, 4.69) is 63.8 Å². The summed E-state index contributed by atoms with van der Waals surface area (Å²) in [6.07, 6.45) is 1.64. The van der Waals surface area contributed by atoms with E-state index >= 15 is 0 Å². The van der Waals surface area contributed by atoms with Crippen molar-refractivity contribution in [3.05, 3.63) is 83.2 Å². The number of benzene rings is 2. The van der Waals surface area contributed by atoms with Crippen LogP contribution >= 0.6 is 0 Å². The second-order valence-electron chi connectivity index (χ2n) is 13.2. The Labute approximate surface area is 269 Å². The Bertz CT molecular complexity index is 2070. The minimum Gasteiger partial charge on any atom is -0.383 e. The summed E-state index contributed by atoms with van der Waals surface area (Å²) in [6.45, 7) is 8.67. The molecule has 47 heavy (non-hydrogen) atoms. The van der Waals surface area contributed by atoms with Gasteiger partial charge in [-0.1, -0.05) is 44.2 Å². The maximum Gasteiger partial charge on any atom is 0.413 e. The number of aromatic nitrogens is 6. The molecule has 1 aliphatic carbocycles. The number of nitrogens with one attached hydrogen (secondary N) is 2. The normalized spacial score (nSPS) is 14.8. The highest BCUT2D eigenvalue weighted by Gasteiger charge is 2.66. The molecule has 3 aromatic heterocycles. The second kappa shape index (κ2) is 11.4. The van der Waals surface area contributed by atoms with E-state index in [-0.39, 0.29) is 24.0 Å². The summed E-state index contributed by atoms with van der Waals surface area (Å²) in [7, 11) is 1.88. The van der Waals surface area contributed by atoms with Gasteiger partial charge in [0.25, 0.3) is 0 Å². The second-order valence-corrected chi connectivity index (χ2v) is 13.2. The van der Waals surface area contributed by atoms with Gasteiger partial charge in [0.2, 0.25) is 0 Å². The number of rotatable bonds is 8. The van der Waals surface area contributed by atoms with Crippen LogP contribution in [0.4, 0.5) is 24.5 Å². The zero-order chi connectivity index (χ0) is 33.7. The third-order valence-electron chi connectivity index (χ3n) is 8.59. The van der Waals surface area contributed by atoms with E-state index < -0.39 is 17.8 Å². The van der Waals surface area contributed by atoms with Gasteiger partial charge in [-0.3, -0.25) is 4.98 Å². The van der Waals surface area contributed by atoms with Crippen molar-refractivity contribution in [3.8, 4) is 23.4 Å². The number of hydrogen-bond acceptors (Lipinski definition) is 8. The summed E-state index contributed by atoms with van der Waals surface area (Å²) in [6, 6.07) is 12.6. The number of hydrogen-bond donors (Lipinski definition) is 2. The highest BCUT2D eigenvalue weighted by Crippen LogP contribution is 2.55. The molecule has 1 atom stereocenters. The third kappa shape index (κ3) is 5.74. The lowest BCUT2D eigenvalue weighted by molar-refractivity contribution is -0.182. The smallest absolute Gasteiger partial charge is 0.383 e. The number of nitriles is 2. The number of aryl methyl sites for hydroxylation is 1. The predicted molar refractivity (Wildman–Crippen MR) is 171 cm³/mol. The van der Waals surface area contributed by atoms with Gasteiger partial charge in [-0.05, 0) is 48.4 Å². The van der Waals surface area contributed by atoms with Gasteiger partial charge in [0.1, 0.15) is 11.8 Å². The molecule has 2 aromatic carbocycles. The van der Waals surface area contributed by atoms with Gasteiger partial charge < -0.3 is 15.2 Å². The first-order chi connectivity index (χ1) is 22.3. The number of pyridine rings is 1. The van der Waals surface area contributed by atoms with Crippen molar-refractivity contribution in [1.82, 2.24) is 29.5 Å². The molecule has 0 amide bonds. The fraction of sp³-hybridized carbons (Fsp3) is 0.353. The van der Waals surface area contributed by atoms with E-state index in [0.717, 1.165) is 27.1 Å². The number of alkyl halides is 3. The summed E-state index contributed by atoms with van der Waals surface area (Å²) in [5, 5.41) is 35.6. The maximum absolute atomic E-state index is 14.1. The van der Waals surface area contributed by atoms with Gasteiger partial charge in [0.15, 0.2) is 5.54 Å². The molecule has 1 fully saturated rings. The average molecular weight is 639 g/mol. The van der Waals surface area contributed by atoms with Crippen LogP contribution in [-0.2, 0) is 12.6 Å². The Morgan fingerprint density at radius 1 is 1.09 bits per heavy atom. The lowest BCUT2D eigenvalue weighted by Crippen LogP contribution is -2.35. The molecule has 0 saturated heterocycles. The van der Waals surface area contributed by atoms with Gasteiger partial charge in [-0.2, -0.15) is 23.7 Å². The van der Waals surface area contributed by atoms with E-state index in [1.54, 1.807) is 24.7 Å². The monoisotopic (exact) mass is 638 g/mol. The van der Waals surface area contributed by atoms with Crippen LogP contribution in [0.2, 0.25) is 0 Å². The summed E-state index contributed by atoms with van der Waals surface area (Å²) in [5.41, 5.74) is 3.52. The number of nitrogens with zero attached hydrogens (tertiary/aromatic N) is 8. The lowest BCUT2D eigenvalue weighted by Gasteiger charge is -2.24. The Kier molecular flexibility index (Phi) is 7.67. The minimum atomic E-state index is -4.48. The van der Waals surface area contributed by atoms with E-state index in [1.165, 1.54) is 12.4 Å². The predicted octanol–water partition coefficient (Wildman–Crippen LogP) is 6.99. The zero-order valence-electron chi connectivity index (χ0n) is 26.6. The van der Waals surface area contributed by atoms with Crippen molar-refractivity contribution >= 4 is 22.3 Å². The van der Waals surface area contributed by atoms with Crippen LogP contribution in [0.1, 0.15) is 67.6 Å². The van der Waals surface area contributed by atoms with E-state index in [0.29, 0.717) is 39.9 Å². The molecule has 6 rings (SSSR count). The van der Waals surface area contributed by atoms with Gasteiger partial charge in [0, 0.05) is 30.7 Å². The van der Waals surface area contributed by atoms with E-state index in [9.17, 15) is 23.7 Å². The van der Waals surface area contributed by atoms with Crippen LogP contribution in [0, 0.1) is 35.0 Å². The summed E-state index contributed by atoms with van der Waals surface area (Å²) in [4.78, 5) is 8.87. The first-order valence-electron chi connectivity index (χ1n) is 15.1. The molecule has 13 heteroatoms. The molecule has 3 heterocycles. The average Bonchev–Trinajstić information content (AvgIpc) is 3.52. The van der Waals surface area contributed by atoms with Crippen LogP contribution in [0.25, 0.3) is 22.2 Å². The molecule has 5 aromatic rings. The summed E-state index contributed by atoms with van der Waals surface area (Å²) in [5.74, 6) is 0. The van der Waals surface area contributed by atoms with Crippen molar-refractivity contribution in [1.29, 1.82) is 10.5 Å². The molecule has 0 radical (unpaired) electrons. The van der Waals surface area contributed by atoms with Crippen molar-refractivity contribution in [3.63, 3.8) is 0 Å². The standard InChI is InChI=1S/C34H33F3N10/c1-20-23(28-16-40-19-46(28)5)7-6-8-24(20)31(27-17-47(45-44-27)33(9-10-33)34(35,36)37)43-26-12-21(13-38)11-25-29(42-18-32(2,3)4)22(14-39)15-41-30(25)26/h6-8,11-12,15-17,19,31,43H,9-10,18H2,1-5H3,(H,41,42)/t31-/m0/s1. The van der Waals surface area contributed by atoms with Gasteiger partial charge in [-0.25, -0.2) is 9.67 Å². The van der Waals surface area contributed by atoms with Crippen LogP contribution in [0.15, 0.2) is 55.2 Å². The SMILES string of the molecule is Cc1c(-c2cncn2C)cccc1[C@H](Nc1cc(C#N)cc2c(NCC(C)(C)C)c(C#N)cnc12)c1cn(C2(C(F)(F)F)CC2)nn1. The minimum absolute atomic E-state index is 0.0727. The molecule has 0 unspecified atom stereocenters. The zero-order valence-corrected chi connectivity index (χ0v) is 26.6. The first-order valence-corrected chi connectivity index (χ1v) is 15.1. The van der Waals surface area contributed by atoms with Crippen LogP contribution < -0.4 is 10.6 Å². The number of imidazole rings is 1.